The number of carbonyl (C=O) groups excluding carboxylic acids is 1. The van der Waals surface area contributed by atoms with Crippen molar-refractivity contribution < 1.29 is 13.9 Å². The Morgan fingerprint density at radius 1 is 1.12 bits per heavy atom. The molecule has 2 aromatic carbocycles. The highest BCUT2D eigenvalue weighted by molar-refractivity contribution is 5.91. The lowest BCUT2D eigenvalue weighted by Gasteiger charge is -2.34. The number of ether oxygens (including phenoxy) is 1. The summed E-state index contributed by atoms with van der Waals surface area (Å²) in [5.41, 5.74) is 1.92. The van der Waals surface area contributed by atoms with Gasteiger partial charge in [0.1, 0.15) is 0 Å². The molecule has 0 saturated carbocycles. The van der Waals surface area contributed by atoms with E-state index in [2.05, 4.69) is 17.0 Å². The predicted molar refractivity (Wildman–Crippen MR) is 100 cm³/mol. The van der Waals surface area contributed by atoms with E-state index in [4.69, 9.17) is 4.74 Å². The van der Waals surface area contributed by atoms with Crippen molar-refractivity contribution in [2.75, 3.05) is 33.3 Å². The minimum atomic E-state index is -0.434. The van der Waals surface area contributed by atoms with Crippen LogP contribution in [0.4, 0.5) is 4.39 Å². The Hall–Kier alpha value is -2.66. The summed E-state index contributed by atoms with van der Waals surface area (Å²) in [6, 6.07) is 15.0. The molecule has 1 fully saturated rings. The third-order valence-electron chi connectivity index (χ3n) is 4.53. The number of methoxy groups -OCH3 is 1. The fourth-order valence-electron chi connectivity index (χ4n) is 3.03. The van der Waals surface area contributed by atoms with Gasteiger partial charge in [-0.3, -0.25) is 9.69 Å². The Balaban J connectivity index is 1.51. The van der Waals surface area contributed by atoms with Crippen LogP contribution in [0, 0.1) is 5.82 Å². The molecule has 1 saturated heterocycles. The quantitative estimate of drug-likeness (QED) is 0.773. The van der Waals surface area contributed by atoms with Crippen molar-refractivity contribution in [3.8, 4) is 5.75 Å². The predicted octanol–water partition coefficient (Wildman–Crippen LogP) is 3.19. The lowest BCUT2D eigenvalue weighted by Crippen LogP contribution is -2.47. The van der Waals surface area contributed by atoms with Crippen molar-refractivity contribution in [3.63, 3.8) is 0 Å². The van der Waals surface area contributed by atoms with Crippen LogP contribution in [0.15, 0.2) is 54.6 Å². The highest BCUT2D eigenvalue weighted by Crippen LogP contribution is 2.18. The van der Waals surface area contributed by atoms with E-state index in [0.29, 0.717) is 18.7 Å². The molecule has 4 nitrogen and oxygen atoms in total. The zero-order chi connectivity index (χ0) is 18.4. The Bertz CT molecular complexity index is 769. The zero-order valence-corrected chi connectivity index (χ0v) is 14.9. The number of piperazine rings is 1. The molecule has 0 bridgehead atoms. The van der Waals surface area contributed by atoms with Gasteiger partial charge in [0.25, 0.3) is 0 Å². The van der Waals surface area contributed by atoms with Gasteiger partial charge in [0, 0.05) is 38.8 Å². The van der Waals surface area contributed by atoms with Crippen molar-refractivity contribution in [3.05, 3.63) is 71.6 Å². The average Bonchev–Trinajstić information content (AvgIpc) is 2.67. The fraction of sp³-hybridized carbons (Fsp3) is 0.286. The second-order valence-corrected chi connectivity index (χ2v) is 6.31. The summed E-state index contributed by atoms with van der Waals surface area (Å²) < 4.78 is 18.6. The normalized spacial score (nSPS) is 15.4. The summed E-state index contributed by atoms with van der Waals surface area (Å²) in [5, 5.41) is 0. The van der Waals surface area contributed by atoms with Crippen LogP contribution in [-0.4, -0.2) is 49.0 Å². The molecule has 3 rings (SSSR count). The molecule has 1 heterocycles. The second kappa shape index (κ2) is 8.63. The molecule has 1 aliphatic rings. The Morgan fingerprint density at radius 3 is 2.50 bits per heavy atom. The molecule has 1 amide bonds. The minimum Gasteiger partial charge on any atom is -0.494 e. The van der Waals surface area contributed by atoms with Gasteiger partial charge < -0.3 is 9.64 Å². The average molecular weight is 354 g/mol. The first kappa shape index (κ1) is 18.1. The van der Waals surface area contributed by atoms with Crippen LogP contribution in [0.1, 0.15) is 11.1 Å². The third-order valence-corrected chi connectivity index (χ3v) is 4.53. The van der Waals surface area contributed by atoms with E-state index in [1.165, 1.54) is 24.8 Å². The van der Waals surface area contributed by atoms with Crippen LogP contribution in [0.5, 0.6) is 5.75 Å². The van der Waals surface area contributed by atoms with Gasteiger partial charge >= 0.3 is 0 Å². The number of amides is 1. The molecule has 2 aromatic rings. The smallest absolute Gasteiger partial charge is 0.246 e. The first-order valence-electron chi connectivity index (χ1n) is 8.72. The topological polar surface area (TPSA) is 32.8 Å². The molecule has 0 aromatic heterocycles. The van der Waals surface area contributed by atoms with E-state index in [1.54, 1.807) is 18.2 Å². The molecule has 0 aliphatic carbocycles. The first-order chi connectivity index (χ1) is 12.7. The maximum Gasteiger partial charge on any atom is 0.246 e. The second-order valence-electron chi connectivity index (χ2n) is 6.31. The Kier molecular flexibility index (Phi) is 6.02. The Labute approximate surface area is 153 Å². The van der Waals surface area contributed by atoms with E-state index in [-0.39, 0.29) is 11.7 Å². The van der Waals surface area contributed by atoms with Gasteiger partial charge in [-0.15, -0.1) is 0 Å². The van der Waals surface area contributed by atoms with Gasteiger partial charge in [0.05, 0.1) is 7.11 Å². The zero-order valence-electron chi connectivity index (χ0n) is 14.9. The van der Waals surface area contributed by atoms with Crippen LogP contribution in [0.3, 0.4) is 0 Å². The SMILES string of the molecule is COc1ccc(/C=C/C(=O)N2CCN(Cc3ccccc3)CC2)cc1F. The van der Waals surface area contributed by atoms with Crippen molar-refractivity contribution >= 4 is 12.0 Å². The van der Waals surface area contributed by atoms with Gasteiger partial charge in [0.15, 0.2) is 11.6 Å². The lowest BCUT2D eigenvalue weighted by molar-refractivity contribution is -0.127. The summed E-state index contributed by atoms with van der Waals surface area (Å²) in [7, 11) is 1.43. The third kappa shape index (κ3) is 4.70. The minimum absolute atomic E-state index is 0.0411. The molecule has 0 spiro atoms. The van der Waals surface area contributed by atoms with E-state index in [0.717, 1.165) is 19.6 Å². The molecule has 136 valence electrons. The molecule has 0 unspecified atom stereocenters. The van der Waals surface area contributed by atoms with Crippen molar-refractivity contribution in [2.45, 2.75) is 6.54 Å². The van der Waals surface area contributed by atoms with Gasteiger partial charge in [-0.1, -0.05) is 36.4 Å². The number of hydrogen-bond donors (Lipinski definition) is 0. The van der Waals surface area contributed by atoms with Crippen LogP contribution in [0.25, 0.3) is 6.08 Å². The maximum atomic E-state index is 13.7. The highest BCUT2D eigenvalue weighted by Gasteiger charge is 2.19. The maximum absolute atomic E-state index is 13.7. The lowest BCUT2D eigenvalue weighted by atomic mass is 10.2. The summed E-state index contributed by atoms with van der Waals surface area (Å²) in [4.78, 5) is 16.5. The van der Waals surface area contributed by atoms with Gasteiger partial charge in [0.2, 0.25) is 5.91 Å². The van der Waals surface area contributed by atoms with Crippen molar-refractivity contribution in [1.82, 2.24) is 9.80 Å². The number of carbonyl (C=O) groups is 1. The molecule has 0 atom stereocenters. The van der Waals surface area contributed by atoms with Crippen LogP contribution < -0.4 is 4.74 Å². The van der Waals surface area contributed by atoms with E-state index in [1.807, 2.05) is 23.1 Å². The summed E-state index contributed by atoms with van der Waals surface area (Å²) in [6.07, 6.45) is 3.15. The van der Waals surface area contributed by atoms with Crippen LogP contribution in [0.2, 0.25) is 0 Å². The largest absolute Gasteiger partial charge is 0.494 e. The summed E-state index contributed by atoms with van der Waals surface area (Å²) in [6.45, 7) is 4.01. The van der Waals surface area contributed by atoms with Crippen LogP contribution in [-0.2, 0) is 11.3 Å². The molecule has 0 radical (unpaired) electrons. The monoisotopic (exact) mass is 354 g/mol. The van der Waals surface area contributed by atoms with Gasteiger partial charge in [-0.05, 0) is 29.3 Å². The molecule has 1 aliphatic heterocycles. The number of benzene rings is 2. The number of hydrogen-bond acceptors (Lipinski definition) is 3. The molecule has 0 N–H and O–H groups in total. The van der Waals surface area contributed by atoms with Crippen LogP contribution >= 0.6 is 0 Å². The fourth-order valence-corrected chi connectivity index (χ4v) is 3.03. The summed E-state index contributed by atoms with van der Waals surface area (Å²) in [5.74, 6) is -0.278. The van der Waals surface area contributed by atoms with Gasteiger partial charge in [-0.25, -0.2) is 4.39 Å². The number of nitrogens with zero attached hydrogens (tertiary/aromatic N) is 2. The van der Waals surface area contributed by atoms with Gasteiger partial charge in [-0.2, -0.15) is 0 Å². The molecule has 5 heteroatoms. The highest BCUT2D eigenvalue weighted by atomic mass is 19.1. The van der Waals surface area contributed by atoms with E-state index in [9.17, 15) is 9.18 Å². The van der Waals surface area contributed by atoms with E-state index < -0.39 is 5.82 Å². The Morgan fingerprint density at radius 2 is 1.85 bits per heavy atom. The molecular formula is C21H23FN2O2. The van der Waals surface area contributed by atoms with E-state index >= 15 is 0 Å². The van der Waals surface area contributed by atoms with Crippen molar-refractivity contribution in [1.29, 1.82) is 0 Å². The van der Waals surface area contributed by atoms with Crippen molar-refractivity contribution in [2.24, 2.45) is 0 Å². The number of halogens is 1. The molecule has 26 heavy (non-hydrogen) atoms. The standard InChI is InChI=1S/C21H23FN2O2/c1-26-20-9-7-17(15-19(20)22)8-10-21(25)24-13-11-23(12-14-24)16-18-5-3-2-4-6-18/h2-10,15H,11-14,16H2,1H3/b10-8+. The first-order valence-corrected chi connectivity index (χ1v) is 8.72. The summed E-state index contributed by atoms with van der Waals surface area (Å²) >= 11 is 0. The number of rotatable bonds is 5. The molecular weight excluding hydrogens is 331 g/mol.